The molecule has 6 nitrogen and oxygen atoms in total. The van der Waals surface area contributed by atoms with Crippen LogP contribution in [0.25, 0.3) is 16.8 Å². The second-order valence-electron chi connectivity index (χ2n) is 10.8. The number of carbonyl (C=O) groups excluding carboxylic acids is 1. The Balaban J connectivity index is 1.04. The summed E-state index contributed by atoms with van der Waals surface area (Å²) in [6, 6.07) is 32.4. The van der Waals surface area contributed by atoms with Crippen molar-refractivity contribution in [3.63, 3.8) is 0 Å². The third-order valence-electron chi connectivity index (χ3n) is 7.99. The van der Waals surface area contributed by atoms with Crippen molar-refractivity contribution < 1.29 is 14.6 Å². The van der Waals surface area contributed by atoms with Crippen molar-refractivity contribution in [3.8, 4) is 5.75 Å². The normalized spacial score (nSPS) is 18.2. The van der Waals surface area contributed by atoms with Crippen LogP contribution >= 0.6 is 0 Å². The number of aliphatic hydroxyl groups excluding tert-OH is 1. The lowest BCUT2D eigenvalue weighted by atomic mass is 9.88. The van der Waals surface area contributed by atoms with Crippen molar-refractivity contribution in [2.24, 2.45) is 4.99 Å². The number of piperidine rings is 1. The molecule has 0 radical (unpaired) electrons. The van der Waals surface area contributed by atoms with Gasteiger partial charge in [-0.25, -0.2) is 4.99 Å². The standard InChI is InChI=1S/C35H35N3O3/c1-25-36-33(35(40)38(25)31-12-3-2-4-13-31)22-30-11-7-8-14-34(30)41-24-32(39)23-37-19-17-27(18-20-37)29-16-15-26-9-5-6-10-28(26)21-29/h2-16,21-22,27,32,39H,17-20,23-24H2,1H3/b33-22-/t32-/m0/s1. The second-order valence-corrected chi connectivity index (χ2v) is 10.8. The Morgan fingerprint density at radius 1 is 0.927 bits per heavy atom. The zero-order valence-corrected chi connectivity index (χ0v) is 23.3. The second kappa shape index (κ2) is 12.1. The number of ether oxygens (including phenoxy) is 1. The molecule has 1 saturated heterocycles. The zero-order chi connectivity index (χ0) is 28.2. The zero-order valence-electron chi connectivity index (χ0n) is 23.3. The number of hydrogen-bond acceptors (Lipinski definition) is 5. The summed E-state index contributed by atoms with van der Waals surface area (Å²) in [6.45, 7) is 4.48. The first-order chi connectivity index (χ1) is 20.0. The number of rotatable bonds is 8. The highest BCUT2D eigenvalue weighted by atomic mass is 16.5. The van der Waals surface area contributed by atoms with Crippen molar-refractivity contribution in [3.05, 3.63) is 114 Å². The highest BCUT2D eigenvalue weighted by Crippen LogP contribution is 2.31. The highest BCUT2D eigenvalue weighted by Gasteiger charge is 2.29. The Kier molecular flexibility index (Phi) is 7.94. The van der Waals surface area contributed by atoms with Gasteiger partial charge in [-0.3, -0.25) is 9.69 Å². The Morgan fingerprint density at radius 3 is 2.44 bits per heavy atom. The van der Waals surface area contributed by atoms with Crippen LogP contribution < -0.4 is 9.64 Å². The summed E-state index contributed by atoms with van der Waals surface area (Å²) in [5.41, 5.74) is 3.31. The number of anilines is 1. The first-order valence-corrected chi connectivity index (χ1v) is 14.3. The molecule has 6 rings (SSSR count). The van der Waals surface area contributed by atoms with E-state index < -0.39 is 6.10 Å². The van der Waals surface area contributed by atoms with Gasteiger partial charge >= 0.3 is 0 Å². The van der Waals surface area contributed by atoms with Gasteiger partial charge in [-0.05, 0) is 79.4 Å². The summed E-state index contributed by atoms with van der Waals surface area (Å²) >= 11 is 0. The molecule has 0 unspecified atom stereocenters. The van der Waals surface area contributed by atoms with Gasteiger partial charge in [0.15, 0.2) is 0 Å². The molecule has 208 valence electrons. The van der Waals surface area contributed by atoms with Crippen LogP contribution in [0.2, 0.25) is 0 Å². The van der Waals surface area contributed by atoms with Crippen LogP contribution in [0.3, 0.4) is 0 Å². The average Bonchev–Trinajstić information content (AvgIpc) is 3.29. The number of nitrogens with zero attached hydrogens (tertiary/aromatic N) is 3. The molecule has 6 heteroatoms. The number of amides is 1. The first-order valence-electron chi connectivity index (χ1n) is 14.3. The van der Waals surface area contributed by atoms with Crippen LogP contribution in [0.15, 0.2) is 108 Å². The summed E-state index contributed by atoms with van der Waals surface area (Å²) in [5.74, 6) is 1.63. The molecule has 0 aliphatic carbocycles. The number of β-amino-alcohol motifs (C(OH)–C–C–N with tert-alkyl or cyclic N) is 1. The minimum atomic E-state index is -0.616. The fourth-order valence-electron chi connectivity index (χ4n) is 5.83. The Labute approximate surface area is 241 Å². The van der Waals surface area contributed by atoms with E-state index in [0.29, 0.717) is 29.7 Å². The number of para-hydroxylation sites is 2. The van der Waals surface area contributed by atoms with Crippen LogP contribution in [-0.2, 0) is 4.79 Å². The minimum Gasteiger partial charge on any atom is -0.490 e. The number of benzene rings is 4. The Bertz CT molecular complexity index is 1590. The van der Waals surface area contributed by atoms with Crippen LogP contribution in [0.1, 0.15) is 36.8 Å². The molecule has 0 bridgehead atoms. The molecule has 0 spiro atoms. The fourth-order valence-corrected chi connectivity index (χ4v) is 5.83. The summed E-state index contributed by atoms with van der Waals surface area (Å²) < 4.78 is 6.06. The van der Waals surface area contributed by atoms with Gasteiger partial charge in [0.05, 0.1) is 5.69 Å². The number of likely N-dealkylation sites (tertiary alicyclic amines) is 1. The van der Waals surface area contributed by atoms with E-state index >= 15 is 0 Å². The van der Waals surface area contributed by atoms with E-state index in [2.05, 4.69) is 52.4 Å². The lowest BCUT2D eigenvalue weighted by molar-refractivity contribution is -0.113. The summed E-state index contributed by atoms with van der Waals surface area (Å²) in [4.78, 5) is 21.6. The fraction of sp³-hybridized carbons (Fsp3) is 0.257. The molecule has 1 atom stereocenters. The largest absolute Gasteiger partial charge is 0.490 e. The van der Waals surface area contributed by atoms with Gasteiger partial charge in [-0.2, -0.15) is 0 Å². The van der Waals surface area contributed by atoms with E-state index in [9.17, 15) is 9.90 Å². The average molecular weight is 546 g/mol. The summed E-state index contributed by atoms with van der Waals surface area (Å²) in [5, 5.41) is 13.4. The Hall–Kier alpha value is -4.26. The molecule has 4 aromatic rings. The van der Waals surface area contributed by atoms with Crippen molar-refractivity contribution >= 4 is 34.3 Å². The van der Waals surface area contributed by atoms with Crippen LogP contribution in [0.4, 0.5) is 5.69 Å². The van der Waals surface area contributed by atoms with E-state index in [1.807, 2.05) is 61.5 Å². The lowest BCUT2D eigenvalue weighted by Crippen LogP contribution is -2.40. The van der Waals surface area contributed by atoms with Crippen molar-refractivity contribution in [2.75, 3.05) is 31.1 Å². The number of carbonyl (C=O) groups is 1. The number of hydrogen-bond donors (Lipinski definition) is 1. The molecule has 1 amide bonds. The smallest absolute Gasteiger partial charge is 0.282 e. The minimum absolute atomic E-state index is 0.171. The first kappa shape index (κ1) is 26.9. The van der Waals surface area contributed by atoms with Gasteiger partial charge < -0.3 is 14.7 Å². The van der Waals surface area contributed by atoms with Crippen molar-refractivity contribution in [1.82, 2.24) is 4.90 Å². The van der Waals surface area contributed by atoms with E-state index in [1.54, 1.807) is 11.0 Å². The number of aliphatic imine (C=N–C) groups is 1. The van der Waals surface area contributed by atoms with Crippen LogP contribution in [-0.4, -0.2) is 54.1 Å². The highest BCUT2D eigenvalue weighted by molar-refractivity contribution is 6.28. The maximum Gasteiger partial charge on any atom is 0.282 e. The van der Waals surface area contributed by atoms with Gasteiger partial charge in [0.1, 0.15) is 30.0 Å². The third-order valence-corrected chi connectivity index (χ3v) is 7.99. The van der Waals surface area contributed by atoms with E-state index in [1.165, 1.54) is 16.3 Å². The third kappa shape index (κ3) is 6.09. The molecule has 0 saturated carbocycles. The van der Waals surface area contributed by atoms with Gasteiger partial charge in [0, 0.05) is 12.1 Å². The maximum absolute atomic E-state index is 13.1. The van der Waals surface area contributed by atoms with E-state index in [0.717, 1.165) is 37.2 Å². The number of fused-ring (bicyclic) bond motifs is 1. The SMILES string of the molecule is CC1=N/C(=C\c2ccccc2OC[C@@H](O)CN2CCC(c3ccc4ccccc4c3)CC2)C(=O)N1c1ccccc1. The predicted octanol–water partition coefficient (Wildman–Crippen LogP) is 6.27. The number of amidine groups is 1. The van der Waals surface area contributed by atoms with E-state index in [4.69, 9.17) is 4.74 Å². The lowest BCUT2D eigenvalue weighted by Gasteiger charge is -2.33. The molecule has 41 heavy (non-hydrogen) atoms. The van der Waals surface area contributed by atoms with Gasteiger partial charge in [0.25, 0.3) is 5.91 Å². The molecule has 2 heterocycles. The monoisotopic (exact) mass is 545 g/mol. The van der Waals surface area contributed by atoms with E-state index in [-0.39, 0.29) is 12.5 Å². The quantitative estimate of drug-likeness (QED) is 0.265. The molecule has 1 fully saturated rings. The molecule has 2 aliphatic heterocycles. The molecule has 0 aromatic heterocycles. The van der Waals surface area contributed by atoms with Crippen LogP contribution in [0, 0.1) is 0 Å². The Morgan fingerprint density at radius 2 is 1.63 bits per heavy atom. The van der Waals surface area contributed by atoms with Crippen LogP contribution in [0.5, 0.6) is 5.75 Å². The van der Waals surface area contributed by atoms with Gasteiger partial charge in [0.2, 0.25) is 0 Å². The van der Waals surface area contributed by atoms with Gasteiger partial charge in [-0.15, -0.1) is 0 Å². The van der Waals surface area contributed by atoms with Crippen molar-refractivity contribution in [2.45, 2.75) is 31.8 Å². The molecule has 1 N–H and O–H groups in total. The molecule has 4 aromatic carbocycles. The van der Waals surface area contributed by atoms with Gasteiger partial charge in [-0.1, -0.05) is 78.9 Å². The topological polar surface area (TPSA) is 65.4 Å². The summed E-state index contributed by atoms with van der Waals surface area (Å²) in [7, 11) is 0. The molecular weight excluding hydrogens is 510 g/mol. The number of aliphatic hydroxyl groups is 1. The molecule has 2 aliphatic rings. The van der Waals surface area contributed by atoms with Crippen molar-refractivity contribution in [1.29, 1.82) is 0 Å². The molecular formula is C35H35N3O3. The predicted molar refractivity (Wildman–Crippen MR) is 165 cm³/mol. The summed E-state index contributed by atoms with van der Waals surface area (Å²) in [6.07, 6.45) is 3.30. The maximum atomic E-state index is 13.1.